The molecule has 2 nitrogen and oxygen atoms in total. The molecule has 0 saturated carbocycles. The largest absolute Gasteiger partial charge is 0.323 e. The van der Waals surface area contributed by atoms with Crippen LogP contribution < -0.4 is 0 Å². The number of benzene rings is 2. The van der Waals surface area contributed by atoms with E-state index >= 15 is 0 Å². The standard InChI is InChI=1S/C16H9ClF2N2/c17-16-12(8-20)11-5-3-7-14(19)15(11)21(16)9-10-4-1-2-6-13(10)18/h1-7H,9H2. The fourth-order valence-electron chi connectivity index (χ4n) is 2.39. The zero-order chi connectivity index (χ0) is 15.0. The number of rotatable bonds is 2. The highest BCUT2D eigenvalue weighted by molar-refractivity contribution is 6.32. The third-order valence-corrected chi connectivity index (χ3v) is 3.76. The van der Waals surface area contributed by atoms with E-state index in [0.29, 0.717) is 10.9 Å². The Kier molecular flexibility index (Phi) is 3.36. The Morgan fingerprint density at radius 1 is 1.05 bits per heavy atom. The van der Waals surface area contributed by atoms with Crippen LogP contribution in [0.4, 0.5) is 8.78 Å². The molecule has 5 heteroatoms. The number of halogens is 3. The number of fused-ring (bicyclic) bond motifs is 1. The first kappa shape index (κ1) is 13.6. The summed E-state index contributed by atoms with van der Waals surface area (Å²) in [4.78, 5) is 0. The van der Waals surface area contributed by atoms with Crippen LogP contribution in [0.3, 0.4) is 0 Å². The minimum absolute atomic E-state index is 0.0601. The van der Waals surface area contributed by atoms with Gasteiger partial charge >= 0.3 is 0 Å². The van der Waals surface area contributed by atoms with E-state index in [1.54, 1.807) is 24.3 Å². The van der Waals surface area contributed by atoms with Crippen LogP contribution in [0.15, 0.2) is 42.5 Å². The van der Waals surface area contributed by atoms with Gasteiger partial charge in [0.25, 0.3) is 0 Å². The van der Waals surface area contributed by atoms with Gasteiger partial charge in [-0.05, 0) is 12.1 Å². The lowest BCUT2D eigenvalue weighted by atomic mass is 10.2. The third-order valence-electron chi connectivity index (χ3n) is 3.37. The van der Waals surface area contributed by atoms with Crippen LogP contribution in [0.2, 0.25) is 5.15 Å². The van der Waals surface area contributed by atoms with Crippen molar-refractivity contribution in [3.05, 3.63) is 70.4 Å². The molecule has 0 aliphatic heterocycles. The highest BCUT2D eigenvalue weighted by Crippen LogP contribution is 2.32. The van der Waals surface area contributed by atoms with E-state index in [4.69, 9.17) is 11.6 Å². The maximum absolute atomic E-state index is 14.1. The Bertz CT molecular complexity index is 878. The molecule has 0 unspecified atom stereocenters. The predicted molar refractivity (Wildman–Crippen MR) is 77.1 cm³/mol. The minimum Gasteiger partial charge on any atom is -0.323 e. The van der Waals surface area contributed by atoms with Crippen molar-refractivity contribution in [1.29, 1.82) is 5.26 Å². The number of nitrogens with zero attached hydrogens (tertiary/aromatic N) is 2. The molecule has 21 heavy (non-hydrogen) atoms. The molecular weight excluding hydrogens is 294 g/mol. The lowest BCUT2D eigenvalue weighted by molar-refractivity contribution is 0.597. The molecule has 0 spiro atoms. The monoisotopic (exact) mass is 302 g/mol. The van der Waals surface area contributed by atoms with Gasteiger partial charge in [-0.25, -0.2) is 8.78 Å². The summed E-state index contributed by atoms with van der Waals surface area (Å²) in [6.45, 7) is 0.0601. The van der Waals surface area contributed by atoms with E-state index in [9.17, 15) is 14.0 Å². The molecule has 104 valence electrons. The van der Waals surface area contributed by atoms with Gasteiger partial charge in [-0.2, -0.15) is 5.26 Å². The molecule has 0 saturated heterocycles. The lowest BCUT2D eigenvalue weighted by Crippen LogP contribution is -2.03. The summed E-state index contributed by atoms with van der Waals surface area (Å²) < 4.78 is 29.3. The first-order valence-corrected chi connectivity index (χ1v) is 6.61. The van der Waals surface area contributed by atoms with Gasteiger partial charge in [-0.1, -0.05) is 41.9 Å². The van der Waals surface area contributed by atoms with E-state index in [2.05, 4.69) is 0 Å². The van der Waals surface area contributed by atoms with Crippen LogP contribution in [-0.2, 0) is 6.54 Å². The fraction of sp³-hybridized carbons (Fsp3) is 0.0625. The van der Waals surface area contributed by atoms with Gasteiger partial charge in [-0.15, -0.1) is 0 Å². The average Bonchev–Trinajstić information content (AvgIpc) is 2.75. The number of aromatic nitrogens is 1. The van der Waals surface area contributed by atoms with Gasteiger partial charge in [0.05, 0.1) is 17.6 Å². The van der Waals surface area contributed by atoms with Crippen LogP contribution in [0.25, 0.3) is 10.9 Å². The van der Waals surface area contributed by atoms with Crippen molar-refractivity contribution in [2.24, 2.45) is 0 Å². The summed E-state index contributed by atoms with van der Waals surface area (Å²) in [5.74, 6) is -0.891. The number of para-hydroxylation sites is 1. The van der Waals surface area contributed by atoms with E-state index in [-0.39, 0.29) is 22.8 Å². The zero-order valence-electron chi connectivity index (χ0n) is 10.8. The number of hydrogen-bond donors (Lipinski definition) is 0. The predicted octanol–water partition coefficient (Wildman–Crippen LogP) is 4.49. The van der Waals surface area contributed by atoms with E-state index < -0.39 is 11.6 Å². The molecule has 0 bridgehead atoms. The minimum atomic E-state index is -0.493. The van der Waals surface area contributed by atoms with Gasteiger partial charge in [0, 0.05) is 10.9 Å². The molecule has 0 fully saturated rings. The smallest absolute Gasteiger partial charge is 0.147 e. The molecule has 0 amide bonds. The lowest BCUT2D eigenvalue weighted by Gasteiger charge is -2.08. The highest BCUT2D eigenvalue weighted by atomic mass is 35.5. The summed E-state index contributed by atoms with van der Waals surface area (Å²) in [6, 6.07) is 12.6. The summed E-state index contributed by atoms with van der Waals surface area (Å²) in [7, 11) is 0. The maximum Gasteiger partial charge on any atom is 0.147 e. The van der Waals surface area contributed by atoms with Crippen LogP contribution in [-0.4, -0.2) is 4.57 Å². The third kappa shape index (κ3) is 2.16. The Labute approximate surface area is 124 Å². The van der Waals surface area contributed by atoms with Gasteiger partial charge in [0.1, 0.15) is 22.9 Å². The second-order valence-corrected chi connectivity index (χ2v) is 4.95. The molecule has 1 aromatic heterocycles. The van der Waals surface area contributed by atoms with Gasteiger partial charge in [-0.3, -0.25) is 0 Å². The van der Waals surface area contributed by atoms with E-state index in [1.165, 1.54) is 22.8 Å². The molecule has 2 aromatic carbocycles. The van der Waals surface area contributed by atoms with Crippen molar-refractivity contribution in [2.75, 3.05) is 0 Å². The topological polar surface area (TPSA) is 28.7 Å². The van der Waals surface area contributed by atoms with Crippen molar-refractivity contribution in [2.45, 2.75) is 6.54 Å². The van der Waals surface area contributed by atoms with Gasteiger partial charge in [0.2, 0.25) is 0 Å². The van der Waals surface area contributed by atoms with E-state index in [0.717, 1.165) is 0 Å². The highest BCUT2D eigenvalue weighted by Gasteiger charge is 2.19. The SMILES string of the molecule is N#Cc1c(Cl)n(Cc2ccccc2F)c2c(F)cccc12. The van der Waals surface area contributed by atoms with Crippen molar-refractivity contribution in [3.63, 3.8) is 0 Å². The molecule has 3 rings (SSSR count). The Balaban J connectivity index is 2.26. The zero-order valence-corrected chi connectivity index (χ0v) is 11.5. The molecule has 3 aromatic rings. The molecule has 0 aliphatic carbocycles. The normalized spacial score (nSPS) is 10.8. The molecule has 0 radical (unpaired) electrons. The Hall–Kier alpha value is -2.38. The molecule has 0 N–H and O–H groups in total. The Morgan fingerprint density at radius 2 is 1.76 bits per heavy atom. The maximum atomic E-state index is 14.1. The van der Waals surface area contributed by atoms with Crippen LogP contribution >= 0.6 is 11.6 Å². The average molecular weight is 303 g/mol. The first-order valence-electron chi connectivity index (χ1n) is 6.23. The second kappa shape index (κ2) is 5.19. The molecule has 0 atom stereocenters. The van der Waals surface area contributed by atoms with E-state index in [1.807, 2.05) is 6.07 Å². The summed E-state index contributed by atoms with van der Waals surface area (Å²) in [5, 5.41) is 9.74. The summed E-state index contributed by atoms with van der Waals surface area (Å²) in [5.41, 5.74) is 0.786. The number of nitriles is 1. The fourth-order valence-corrected chi connectivity index (χ4v) is 2.68. The molecular formula is C16H9ClF2N2. The second-order valence-electron chi connectivity index (χ2n) is 4.59. The first-order chi connectivity index (χ1) is 10.1. The van der Waals surface area contributed by atoms with Crippen LogP contribution in [0.1, 0.15) is 11.1 Å². The van der Waals surface area contributed by atoms with Crippen molar-refractivity contribution >= 4 is 22.5 Å². The van der Waals surface area contributed by atoms with Crippen LogP contribution in [0.5, 0.6) is 0 Å². The van der Waals surface area contributed by atoms with Crippen molar-refractivity contribution in [3.8, 4) is 6.07 Å². The van der Waals surface area contributed by atoms with Gasteiger partial charge in [0.15, 0.2) is 0 Å². The molecule has 0 aliphatic rings. The van der Waals surface area contributed by atoms with Gasteiger partial charge < -0.3 is 4.57 Å². The van der Waals surface area contributed by atoms with Crippen molar-refractivity contribution < 1.29 is 8.78 Å². The number of hydrogen-bond acceptors (Lipinski definition) is 1. The Morgan fingerprint density at radius 3 is 2.48 bits per heavy atom. The van der Waals surface area contributed by atoms with Crippen LogP contribution in [0, 0.1) is 23.0 Å². The van der Waals surface area contributed by atoms with Crippen molar-refractivity contribution in [1.82, 2.24) is 4.57 Å². The molecule has 1 heterocycles. The summed E-state index contributed by atoms with van der Waals surface area (Å²) >= 11 is 6.18. The summed E-state index contributed by atoms with van der Waals surface area (Å²) in [6.07, 6.45) is 0. The quantitative estimate of drug-likeness (QED) is 0.685.